The van der Waals surface area contributed by atoms with E-state index in [2.05, 4.69) is 15.3 Å². The second kappa shape index (κ2) is 5.68. The molecule has 0 fully saturated rings. The van der Waals surface area contributed by atoms with Gasteiger partial charge in [-0.3, -0.25) is 9.13 Å². The van der Waals surface area contributed by atoms with Crippen LogP contribution in [0.4, 0.5) is 5.82 Å². The molecule has 0 amide bonds. The van der Waals surface area contributed by atoms with Crippen molar-refractivity contribution >= 4 is 31.9 Å². The van der Waals surface area contributed by atoms with Gasteiger partial charge in [-0.1, -0.05) is 12.1 Å². The molecule has 0 radical (unpaired) electrons. The van der Waals surface area contributed by atoms with Gasteiger partial charge in [0.15, 0.2) is 0 Å². The molecule has 1 aromatic carbocycles. The van der Waals surface area contributed by atoms with Crippen LogP contribution in [0.2, 0.25) is 0 Å². The Bertz CT molecular complexity index is 760. The second-order valence-electron chi connectivity index (χ2n) is 4.46. The summed E-state index contributed by atoms with van der Waals surface area (Å²) in [6, 6.07) is 6.63. The van der Waals surface area contributed by atoms with Crippen molar-refractivity contribution in [2.24, 2.45) is 0 Å². The molecule has 22 heavy (non-hydrogen) atoms. The highest BCUT2D eigenvalue weighted by Crippen LogP contribution is 2.67. The van der Waals surface area contributed by atoms with Gasteiger partial charge in [0.2, 0.25) is 0 Å². The summed E-state index contributed by atoms with van der Waals surface area (Å²) in [5, 5.41) is 9.05. The fourth-order valence-corrected chi connectivity index (χ4v) is 3.65. The number of rotatable bonds is 5. The predicted molar refractivity (Wildman–Crippen MR) is 77.1 cm³/mol. The summed E-state index contributed by atoms with van der Waals surface area (Å²) >= 11 is 0. The summed E-state index contributed by atoms with van der Waals surface area (Å²) in [4.78, 5) is 44.0. The maximum absolute atomic E-state index is 11.3. The first-order valence-corrected chi connectivity index (χ1v) is 9.06. The van der Waals surface area contributed by atoms with Crippen molar-refractivity contribution in [2.75, 3.05) is 11.9 Å². The molecule has 0 unspecified atom stereocenters. The maximum atomic E-state index is 11.3. The van der Waals surface area contributed by atoms with Gasteiger partial charge in [0.1, 0.15) is 12.1 Å². The first-order chi connectivity index (χ1) is 10.1. The molecule has 0 aliphatic heterocycles. The third-order valence-electron chi connectivity index (χ3n) is 2.97. The lowest BCUT2D eigenvalue weighted by atomic mass is 10.2. The number of para-hydroxylation sites is 1. The number of anilines is 1. The Morgan fingerprint density at radius 3 is 2.23 bits per heavy atom. The van der Waals surface area contributed by atoms with Crippen molar-refractivity contribution in [3.8, 4) is 0 Å². The van der Waals surface area contributed by atoms with Crippen molar-refractivity contribution in [3.05, 3.63) is 30.6 Å². The number of hydrogen-bond acceptors (Lipinski definition) is 6. The molecule has 2 aromatic rings. The van der Waals surface area contributed by atoms with E-state index in [-0.39, 0.29) is 5.82 Å². The van der Waals surface area contributed by atoms with Gasteiger partial charge in [0.25, 0.3) is 5.08 Å². The molecular weight excluding hydrogens is 336 g/mol. The molecule has 0 aliphatic rings. The van der Waals surface area contributed by atoms with Gasteiger partial charge in [-0.25, -0.2) is 9.97 Å². The number of benzene rings is 1. The van der Waals surface area contributed by atoms with Crippen LogP contribution in [0.15, 0.2) is 30.6 Å². The summed E-state index contributed by atoms with van der Waals surface area (Å²) < 4.78 is 22.5. The lowest BCUT2D eigenvalue weighted by molar-refractivity contribution is 0.141. The van der Waals surface area contributed by atoms with Crippen LogP contribution in [-0.4, -0.2) is 46.3 Å². The molecular formula is C10H13N3O7P2. The normalized spacial score (nSPS) is 13.3. The van der Waals surface area contributed by atoms with E-state index in [0.29, 0.717) is 10.9 Å². The summed E-state index contributed by atoms with van der Waals surface area (Å²) in [6.07, 6.45) is 1.17. The lowest BCUT2D eigenvalue weighted by Crippen LogP contribution is -2.36. The first-order valence-electron chi connectivity index (χ1n) is 5.83. The van der Waals surface area contributed by atoms with Crippen LogP contribution in [0.1, 0.15) is 0 Å². The zero-order chi connectivity index (χ0) is 16.6. The van der Waals surface area contributed by atoms with Gasteiger partial charge in [-0.2, -0.15) is 0 Å². The van der Waals surface area contributed by atoms with Crippen LogP contribution in [0.25, 0.3) is 10.9 Å². The van der Waals surface area contributed by atoms with Crippen LogP contribution in [-0.2, 0) is 9.13 Å². The fraction of sp³-hybridized carbons (Fsp3) is 0.200. The molecule has 0 spiro atoms. The Labute approximate surface area is 124 Å². The van der Waals surface area contributed by atoms with E-state index < -0.39 is 26.8 Å². The monoisotopic (exact) mass is 349 g/mol. The van der Waals surface area contributed by atoms with Gasteiger partial charge in [-0.15, -0.1) is 0 Å². The molecule has 1 heterocycles. The highest BCUT2D eigenvalue weighted by molar-refractivity contribution is 7.72. The molecule has 10 nitrogen and oxygen atoms in total. The average Bonchev–Trinajstić information content (AvgIpc) is 2.42. The van der Waals surface area contributed by atoms with Crippen molar-refractivity contribution < 1.29 is 33.8 Å². The van der Waals surface area contributed by atoms with E-state index in [1.807, 2.05) is 0 Å². The Balaban J connectivity index is 2.38. The third-order valence-corrected chi connectivity index (χ3v) is 6.71. The second-order valence-corrected chi connectivity index (χ2v) is 8.46. The van der Waals surface area contributed by atoms with Gasteiger partial charge in [-0.05, 0) is 12.1 Å². The number of nitrogens with one attached hydrogen (secondary N) is 1. The molecule has 0 bridgehead atoms. The molecule has 2 rings (SSSR count). The Morgan fingerprint density at radius 2 is 1.64 bits per heavy atom. The fourth-order valence-electron chi connectivity index (χ4n) is 1.72. The molecule has 12 heteroatoms. The summed E-state index contributed by atoms with van der Waals surface area (Å²) in [7, 11) is -11.0. The van der Waals surface area contributed by atoms with Gasteiger partial charge in [0.05, 0.1) is 12.1 Å². The topological polar surface area (TPSA) is 173 Å². The average molecular weight is 349 g/mol. The molecule has 0 aliphatic carbocycles. The zero-order valence-corrected chi connectivity index (χ0v) is 12.7. The van der Waals surface area contributed by atoms with Crippen LogP contribution in [0.3, 0.4) is 0 Å². The largest absolute Gasteiger partial charge is 0.371 e. The molecule has 0 saturated heterocycles. The first kappa shape index (κ1) is 17.0. The van der Waals surface area contributed by atoms with Crippen molar-refractivity contribution in [1.29, 1.82) is 0 Å². The number of aliphatic hydroxyl groups is 1. The minimum Gasteiger partial charge on any atom is -0.366 e. The van der Waals surface area contributed by atoms with E-state index in [4.69, 9.17) is 19.6 Å². The number of aromatic nitrogens is 2. The molecule has 0 saturated carbocycles. The van der Waals surface area contributed by atoms with Gasteiger partial charge >= 0.3 is 15.2 Å². The zero-order valence-electron chi connectivity index (χ0n) is 10.9. The molecule has 0 atom stereocenters. The maximum Gasteiger partial charge on any atom is 0.371 e. The van der Waals surface area contributed by atoms with Crippen LogP contribution >= 0.6 is 15.2 Å². The minimum atomic E-state index is -5.52. The summed E-state index contributed by atoms with van der Waals surface area (Å²) in [5.74, 6) is 0.0749. The van der Waals surface area contributed by atoms with E-state index >= 15 is 0 Å². The van der Waals surface area contributed by atoms with Crippen molar-refractivity contribution in [2.45, 2.75) is 5.08 Å². The van der Waals surface area contributed by atoms with Gasteiger partial charge < -0.3 is 30.0 Å². The minimum absolute atomic E-state index is 0.0749. The molecule has 6 N–H and O–H groups in total. The third kappa shape index (κ3) is 3.04. The van der Waals surface area contributed by atoms with Gasteiger partial charge in [0, 0.05) is 5.39 Å². The quantitative estimate of drug-likeness (QED) is 0.405. The molecule has 1 aromatic heterocycles. The van der Waals surface area contributed by atoms with Crippen LogP contribution in [0.5, 0.6) is 0 Å². The Morgan fingerprint density at radius 1 is 1.05 bits per heavy atom. The number of hydrogen-bond donors (Lipinski definition) is 6. The van der Waals surface area contributed by atoms with Crippen LogP contribution in [0, 0.1) is 0 Å². The predicted octanol–water partition coefficient (Wildman–Crippen LogP) is 0.0432. The smallest absolute Gasteiger partial charge is 0.366 e. The standard InChI is InChI=1S/C10H13N3O7P2/c14-10(21(15,16)17,22(18,19)20)5-11-9-7-3-1-2-4-8(7)12-6-13-9/h1-4,6,14H,5H2,(H,11,12,13)(H2,15,16,17)(H2,18,19,20). The molecule has 120 valence electrons. The SMILES string of the molecule is O=P(O)(O)C(O)(CNc1ncnc2ccccc12)P(=O)(O)O. The van der Waals surface area contributed by atoms with E-state index in [9.17, 15) is 14.2 Å². The van der Waals surface area contributed by atoms with Crippen molar-refractivity contribution in [1.82, 2.24) is 9.97 Å². The number of fused-ring (bicyclic) bond motifs is 1. The summed E-state index contributed by atoms with van der Waals surface area (Å²) in [6.45, 7) is -1.09. The Hall–Kier alpha value is -1.38. The Kier molecular flexibility index (Phi) is 4.38. The summed E-state index contributed by atoms with van der Waals surface area (Å²) in [5.41, 5.74) is 0.510. The van der Waals surface area contributed by atoms with E-state index in [1.54, 1.807) is 24.3 Å². The van der Waals surface area contributed by atoms with E-state index in [0.717, 1.165) is 0 Å². The van der Waals surface area contributed by atoms with Crippen LogP contribution < -0.4 is 5.32 Å². The lowest BCUT2D eigenvalue weighted by Gasteiger charge is -2.29. The van der Waals surface area contributed by atoms with E-state index in [1.165, 1.54) is 6.33 Å². The van der Waals surface area contributed by atoms with Crippen molar-refractivity contribution in [3.63, 3.8) is 0 Å². The highest BCUT2D eigenvalue weighted by Gasteiger charge is 2.59. The highest BCUT2D eigenvalue weighted by atomic mass is 31.2. The number of nitrogens with zero attached hydrogens (tertiary/aromatic N) is 2.